The topological polar surface area (TPSA) is 55.2 Å². The molecule has 1 atom stereocenters. The molecule has 0 radical (unpaired) electrons. The molecule has 4 aromatic rings. The minimum Gasteiger partial charge on any atom is -0.299 e. The fourth-order valence-corrected chi connectivity index (χ4v) is 5.58. The Hall–Kier alpha value is -2.48. The Morgan fingerprint density at radius 2 is 1.78 bits per heavy atom. The molecule has 0 aliphatic carbocycles. The number of thiophene rings is 1. The largest absolute Gasteiger partial charge is 0.299 e. The van der Waals surface area contributed by atoms with Crippen LogP contribution < -0.4 is 0 Å². The highest BCUT2D eigenvalue weighted by molar-refractivity contribution is 7.91. The first-order valence-corrected chi connectivity index (χ1v) is 10.8. The predicted octanol–water partition coefficient (Wildman–Crippen LogP) is 4.47. The SMILES string of the molecule is C[C@@H](c1ccc(-n2cnc3ccccc32)cc1)N(C)S(=O)(=O)c1cccs1. The van der Waals surface area contributed by atoms with Gasteiger partial charge in [0.05, 0.1) is 11.0 Å². The second-order valence-electron chi connectivity index (χ2n) is 6.32. The Labute approximate surface area is 162 Å². The van der Waals surface area contributed by atoms with Crippen LogP contribution in [0.25, 0.3) is 16.7 Å². The second-order valence-corrected chi connectivity index (χ2v) is 9.50. The number of imidazole rings is 1. The van der Waals surface area contributed by atoms with E-state index in [-0.39, 0.29) is 6.04 Å². The predicted molar refractivity (Wildman–Crippen MR) is 109 cm³/mol. The van der Waals surface area contributed by atoms with E-state index >= 15 is 0 Å². The van der Waals surface area contributed by atoms with Crippen molar-refractivity contribution in [3.8, 4) is 5.69 Å². The molecular formula is C20H19N3O2S2. The Morgan fingerprint density at radius 1 is 1.04 bits per heavy atom. The van der Waals surface area contributed by atoms with Gasteiger partial charge in [0.15, 0.2) is 0 Å². The Balaban J connectivity index is 1.62. The van der Waals surface area contributed by atoms with Gasteiger partial charge in [-0.1, -0.05) is 30.3 Å². The van der Waals surface area contributed by atoms with Crippen LogP contribution in [0.3, 0.4) is 0 Å². The van der Waals surface area contributed by atoms with Crippen molar-refractivity contribution in [2.75, 3.05) is 7.05 Å². The maximum Gasteiger partial charge on any atom is 0.252 e. The monoisotopic (exact) mass is 397 g/mol. The molecule has 138 valence electrons. The van der Waals surface area contributed by atoms with Gasteiger partial charge in [-0.2, -0.15) is 4.31 Å². The molecular weight excluding hydrogens is 378 g/mol. The van der Waals surface area contributed by atoms with Crippen molar-refractivity contribution >= 4 is 32.4 Å². The Morgan fingerprint density at radius 3 is 2.48 bits per heavy atom. The van der Waals surface area contributed by atoms with E-state index in [1.165, 1.54) is 15.6 Å². The highest BCUT2D eigenvalue weighted by Gasteiger charge is 2.27. The molecule has 7 heteroatoms. The van der Waals surface area contributed by atoms with E-state index in [1.807, 2.05) is 60.0 Å². The van der Waals surface area contributed by atoms with Gasteiger partial charge in [-0.25, -0.2) is 13.4 Å². The first-order chi connectivity index (χ1) is 13.0. The summed E-state index contributed by atoms with van der Waals surface area (Å²) >= 11 is 1.23. The zero-order chi connectivity index (χ0) is 19.0. The lowest BCUT2D eigenvalue weighted by atomic mass is 10.1. The summed E-state index contributed by atoms with van der Waals surface area (Å²) in [5.41, 5.74) is 3.90. The van der Waals surface area contributed by atoms with Crippen LogP contribution in [0, 0.1) is 0 Å². The first kappa shape index (κ1) is 17.9. The van der Waals surface area contributed by atoms with Crippen molar-refractivity contribution in [1.82, 2.24) is 13.9 Å². The van der Waals surface area contributed by atoms with E-state index in [4.69, 9.17) is 0 Å². The number of para-hydroxylation sites is 2. The lowest BCUT2D eigenvalue weighted by Gasteiger charge is -2.24. The van der Waals surface area contributed by atoms with Gasteiger partial charge < -0.3 is 0 Å². The lowest BCUT2D eigenvalue weighted by molar-refractivity contribution is 0.399. The summed E-state index contributed by atoms with van der Waals surface area (Å²) in [7, 11) is -1.87. The molecule has 0 amide bonds. The molecule has 2 aromatic heterocycles. The second kappa shape index (κ2) is 6.92. The van der Waals surface area contributed by atoms with Crippen molar-refractivity contribution < 1.29 is 8.42 Å². The van der Waals surface area contributed by atoms with Crippen LogP contribution in [0.5, 0.6) is 0 Å². The minimum atomic E-state index is -3.49. The summed E-state index contributed by atoms with van der Waals surface area (Å²) in [4.78, 5) is 4.42. The van der Waals surface area contributed by atoms with Crippen LogP contribution in [-0.2, 0) is 10.0 Å². The normalized spacial score (nSPS) is 13.3. The van der Waals surface area contributed by atoms with Gasteiger partial charge in [0, 0.05) is 18.8 Å². The molecule has 0 bridgehead atoms. The maximum absolute atomic E-state index is 12.7. The quantitative estimate of drug-likeness (QED) is 0.499. The van der Waals surface area contributed by atoms with Crippen molar-refractivity contribution in [2.45, 2.75) is 17.2 Å². The van der Waals surface area contributed by atoms with Crippen LogP contribution in [0.15, 0.2) is 76.6 Å². The molecule has 0 aliphatic heterocycles. The summed E-state index contributed by atoms with van der Waals surface area (Å²) < 4.78 is 29.3. The number of rotatable bonds is 5. The average molecular weight is 398 g/mol. The molecule has 4 rings (SSSR count). The van der Waals surface area contributed by atoms with Gasteiger partial charge in [-0.05, 0) is 48.2 Å². The third-order valence-electron chi connectivity index (χ3n) is 4.78. The molecule has 2 heterocycles. The van der Waals surface area contributed by atoms with Gasteiger partial charge >= 0.3 is 0 Å². The molecule has 0 fully saturated rings. The number of aromatic nitrogens is 2. The van der Waals surface area contributed by atoms with Gasteiger partial charge in [-0.15, -0.1) is 11.3 Å². The molecule has 0 saturated heterocycles. The number of sulfonamides is 1. The third-order valence-corrected chi connectivity index (χ3v) is 8.08. The van der Waals surface area contributed by atoms with Crippen LogP contribution in [0.2, 0.25) is 0 Å². The first-order valence-electron chi connectivity index (χ1n) is 8.52. The number of hydrogen-bond acceptors (Lipinski definition) is 4. The molecule has 0 aliphatic rings. The average Bonchev–Trinajstić information content (AvgIpc) is 3.37. The number of benzene rings is 2. The molecule has 27 heavy (non-hydrogen) atoms. The molecule has 0 saturated carbocycles. The Kier molecular flexibility index (Phi) is 4.59. The smallest absolute Gasteiger partial charge is 0.252 e. The van der Waals surface area contributed by atoms with E-state index in [0.717, 1.165) is 22.3 Å². The van der Waals surface area contributed by atoms with Crippen LogP contribution >= 0.6 is 11.3 Å². The molecule has 0 N–H and O–H groups in total. The zero-order valence-electron chi connectivity index (χ0n) is 15.0. The van der Waals surface area contributed by atoms with E-state index in [9.17, 15) is 8.42 Å². The fourth-order valence-electron chi connectivity index (χ4n) is 3.05. The highest BCUT2D eigenvalue weighted by Crippen LogP contribution is 2.28. The molecule has 0 spiro atoms. The summed E-state index contributed by atoms with van der Waals surface area (Å²) in [6, 6.07) is 19.0. The van der Waals surface area contributed by atoms with E-state index < -0.39 is 10.0 Å². The van der Waals surface area contributed by atoms with Crippen LogP contribution in [0.4, 0.5) is 0 Å². The van der Waals surface area contributed by atoms with Crippen molar-refractivity contribution in [1.29, 1.82) is 0 Å². The molecule has 5 nitrogen and oxygen atoms in total. The Bertz CT molecular complexity index is 1160. The van der Waals surface area contributed by atoms with Gasteiger partial charge in [0.1, 0.15) is 10.5 Å². The van der Waals surface area contributed by atoms with Gasteiger partial charge in [0.25, 0.3) is 10.0 Å². The summed E-state index contributed by atoms with van der Waals surface area (Å²) in [6.07, 6.45) is 1.80. The van der Waals surface area contributed by atoms with E-state index in [0.29, 0.717) is 4.21 Å². The summed E-state index contributed by atoms with van der Waals surface area (Å²) in [5.74, 6) is 0. The van der Waals surface area contributed by atoms with Crippen molar-refractivity contribution in [3.05, 3.63) is 77.9 Å². The minimum absolute atomic E-state index is 0.273. The number of hydrogen-bond donors (Lipinski definition) is 0. The number of nitrogens with zero attached hydrogens (tertiary/aromatic N) is 3. The van der Waals surface area contributed by atoms with Crippen LogP contribution in [0.1, 0.15) is 18.5 Å². The third kappa shape index (κ3) is 3.18. The molecule has 2 aromatic carbocycles. The summed E-state index contributed by atoms with van der Waals surface area (Å²) in [5, 5.41) is 1.77. The van der Waals surface area contributed by atoms with Gasteiger partial charge in [0.2, 0.25) is 0 Å². The van der Waals surface area contributed by atoms with E-state index in [2.05, 4.69) is 4.98 Å². The van der Waals surface area contributed by atoms with E-state index in [1.54, 1.807) is 30.9 Å². The lowest BCUT2D eigenvalue weighted by Crippen LogP contribution is -2.29. The maximum atomic E-state index is 12.7. The molecule has 0 unspecified atom stereocenters. The van der Waals surface area contributed by atoms with Gasteiger partial charge in [-0.3, -0.25) is 4.57 Å². The number of fused-ring (bicyclic) bond motifs is 1. The highest BCUT2D eigenvalue weighted by atomic mass is 32.2. The van der Waals surface area contributed by atoms with Crippen LogP contribution in [-0.4, -0.2) is 29.3 Å². The zero-order valence-corrected chi connectivity index (χ0v) is 16.6. The standard InChI is InChI=1S/C20H19N3O2S2/c1-15(22(2)27(24,25)20-8-5-13-26-20)16-9-11-17(12-10-16)23-14-21-18-6-3-4-7-19(18)23/h3-15H,1-2H3/t15-/m0/s1. The summed E-state index contributed by atoms with van der Waals surface area (Å²) in [6.45, 7) is 1.90. The van der Waals surface area contributed by atoms with Crippen molar-refractivity contribution in [2.24, 2.45) is 0 Å². The van der Waals surface area contributed by atoms with Crippen molar-refractivity contribution in [3.63, 3.8) is 0 Å². The fraction of sp³-hybridized carbons (Fsp3) is 0.150.